The van der Waals surface area contributed by atoms with Gasteiger partial charge in [-0.25, -0.2) is 0 Å². The zero-order chi connectivity index (χ0) is 5.11. The first-order valence-electron chi connectivity index (χ1n) is 2.16. The second kappa shape index (κ2) is 1.84. The number of hydrogen-bond acceptors (Lipinski definition) is 1. The molecule has 1 rings (SSSR count). The van der Waals surface area contributed by atoms with Crippen LogP contribution in [0.2, 0.25) is 0 Å². The maximum absolute atomic E-state index is 8.41. The molecule has 0 atom stereocenters. The largest absolute Gasteiger partial charge is 0.449 e. The molecule has 0 aromatic carbocycles. The van der Waals surface area contributed by atoms with Gasteiger partial charge >= 0.3 is 7.48 Å². The molecule has 0 amide bonds. The Hall–Kier alpha value is -0.695. The summed E-state index contributed by atoms with van der Waals surface area (Å²) in [5.74, 6) is 0. The van der Waals surface area contributed by atoms with Crippen LogP contribution in [0.15, 0.2) is 18.5 Å². The molecule has 0 aliphatic rings. The summed E-state index contributed by atoms with van der Waals surface area (Å²) in [4.78, 5) is 2.82. The number of H-pyrrole nitrogens is 1. The van der Waals surface area contributed by atoms with E-state index in [9.17, 15) is 0 Å². The van der Waals surface area contributed by atoms with Crippen LogP contribution in [0, 0.1) is 0 Å². The summed E-state index contributed by atoms with van der Waals surface area (Å²) in [7, 11) is 0.128. The molecule has 0 bridgehead atoms. The van der Waals surface area contributed by atoms with Crippen LogP contribution in [0.5, 0.6) is 0 Å². The Kier molecular flexibility index (Phi) is 1.17. The van der Waals surface area contributed by atoms with Crippen LogP contribution in [0.3, 0.4) is 0 Å². The van der Waals surface area contributed by atoms with Gasteiger partial charge in [-0.1, -0.05) is 0 Å². The van der Waals surface area contributed by atoms with E-state index in [0.29, 0.717) is 0 Å². The number of hydrogen-bond donors (Lipinski definition) is 2. The summed E-state index contributed by atoms with van der Waals surface area (Å²) in [5, 5.41) is 8.41. The maximum Gasteiger partial charge on any atom is 0.306 e. The Labute approximate surface area is 42.5 Å². The number of aromatic amines is 1. The highest BCUT2D eigenvalue weighted by atomic mass is 16.2. The highest BCUT2D eigenvalue weighted by molar-refractivity contribution is 6.45. The summed E-state index contributed by atoms with van der Waals surface area (Å²) in [6, 6.07) is 1.83. The number of aromatic nitrogens is 1. The van der Waals surface area contributed by atoms with E-state index in [4.69, 9.17) is 5.02 Å². The van der Waals surface area contributed by atoms with Gasteiger partial charge in [0, 0.05) is 6.20 Å². The zero-order valence-electron chi connectivity index (χ0n) is 3.89. The van der Waals surface area contributed by atoms with Crippen LogP contribution in [0.25, 0.3) is 0 Å². The first kappa shape index (κ1) is 4.46. The fourth-order valence-corrected chi connectivity index (χ4v) is 0.457. The highest BCUT2D eigenvalue weighted by Gasteiger charge is 1.86. The van der Waals surface area contributed by atoms with Crippen molar-refractivity contribution in [2.45, 2.75) is 0 Å². The van der Waals surface area contributed by atoms with Gasteiger partial charge in [0.2, 0.25) is 0 Å². The van der Waals surface area contributed by atoms with Crippen LogP contribution in [-0.2, 0) is 0 Å². The molecule has 0 aliphatic carbocycles. The topological polar surface area (TPSA) is 36.0 Å². The predicted molar refractivity (Wildman–Crippen MR) is 29.8 cm³/mol. The Morgan fingerprint density at radius 1 is 1.71 bits per heavy atom. The smallest absolute Gasteiger partial charge is 0.306 e. The summed E-state index contributed by atoms with van der Waals surface area (Å²) in [6.07, 6.45) is 3.55. The molecular formula is C4H6BNO. The third-order valence-corrected chi connectivity index (χ3v) is 0.845. The lowest BCUT2D eigenvalue weighted by molar-refractivity contribution is 0.615. The van der Waals surface area contributed by atoms with E-state index in [0.717, 1.165) is 5.46 Å². The van der Waals surface area contributed by atoms with Gasteiger partial charge in [0.1, 0.15) is 0 Å². The Morgan fingerprint density at radius 2 is 2.57 bits per heavy atom. The van der Waals surface area contributed by atoms with Crippen molar-refractivity contribution >= 4 is 12.9 Å². The number of rotatable bonds is 1. The van der Waals surface area contributed by atoms with Gasteiger partial charge < -0.3 is 10.0 Å². The molecule has 0 radical (unpaired) electrons. The zero-order valence-corrected chi connectivity index (χ0v) is 3.89. The normalized spacial score (nSPS) is 8.71. The molecule has 1 heterocycles. The van der Waals surface area contributed by atoms with Crippen LogP contribution in [0.1, 0.15) is 0 Å². The van der Waals surface area contributed by atoms with Gasteiger partial charge in [0.05, 0.1) is 0 Å². The molecule has 0 fully saturated rings. The van der Waals surface area contributed by atoms with Crippen molar-refractivity contribution in [1.82, 2.24) is 4.98 Å². The Morgan fingerprint density at radius 3 is 2.86 bits per heavy atom. The van der Waals surface area contributed by atoms with Crippen molar-refractivity contribution in [3.05, 3.63) is 18.5 Å². The molecule has 0 aliphatic heterocycles. The maximum atomic E-state index is 8.41. The van der Waals surface area contributed by atoms with Crippen molar-refractivity contribution in [3.8, 4) is 0 Å². The van der Waals surface area contributed by atoms with Gasteiger partial charge in [0.15, 0.2) is 0 Å². The van der Waals surface area contributed by atoms with Crippen LogP contribution < -0.4 is 5.46 Å². The van der Waals surface area contributed by atoms with Crippen LogP contribution in [0.4, 0.5) is 0 Å². The van der Waals surface area contributed by atoms with E-state index in [2.05, 4.69) is 4.98 Å². The standard InChI is InChI=1S/C4H6BNO/c7-5-4-1-2-6-3-4/h1-3,5-7H. The van der Waals surface area contributed by atoms with Crippen molar-refractivity contribution in [2.24, 2.45) is 0 Å². The molecule has 0 saturated carbocycles. The predicted octanol–water partition coefficient (Wildman–Crippen LogP) is -1.02. The van der Waals surface area contributed by atoms with Gasteiger partial charge in [-0.15, -0.1) is 0 Å². The lowest BCUT2D eigenvalue weighted by atomic mass is 9.92. The Balaban J connectivity index is 2.76. The second-order valence-corrected chi connectivity index (χ2v) is 1.38. The lowest BCUT2D eigenvalue weighted by Gasteiger charge is -1.75. The first-order valence-corrected chi connectivity index (χ1v) is 2.16. The van der Waals surface area contributed by atoms with E-state index in [1.165, 1.54) is 0 Å². The van der Waals surface area contributed by atoms with Crippen molar-refractivity contribution in [2.75, 3.05) is 0 Å². The van der Waals surface area contributed by atoms with E-state index < -0.39 is 0 Å². The van der Waals surface area contributed by atoms with Crippen LogP contribution >= 0.6 is 0 Å². The third-order valence-electron chi connectivity index (χ3n) is 0.845. The lowest BCUT2D eigenvalue weighted by Crippen LogP contribution is -2.08. The van der Waals surface area contributed by atoms with E-state index in [1.807, 2.05) is 6.07 Å². The summed E-state index contributed by atoms with van der Waals surface area (Å²) < 4.78 is 0. The quantitative estimate of drug-likeness (QED) is 0.430. The first-order chi connectivity index (χ1) is 3.43. The summed E-state index contributed by atoms with van der Waals surface area (Å²) in [5.41, 5.74) is 0.931. The summed E-state index contributed by atoms with van der Waals surface area (Å²) >= 11 is 0. The third kappa shape index (κ3) is 0.840. The van der Waals surface area contributed by atoms with E-state index >= 15 is 0 Å². The van der Waals surface area contributed by atoms with Crippen LogP contribution in [-0.4, -0.2) is 17.5 Å². The second-order valence-electron chi connectivity index (χ2n) is 1.38. The molecule has 1 aromatic rings. The van der Waals surface area contributed by atoms with Gasteiger partial charge in [-0.3, -0.25) is 0 Å². The minimum atomic E-state index is 0.128. The fourth-order valence-electron chi connectivity index (χ4n) is 0.457. The molecular weight excluding hydrogens is 88.9 g/mol. The molecule has 1 aromatic heterocycles. The summed E-state index contributed by atoms with van der Waals surface area (Å²) in [6.45, 7) is 0. The SMILES string of the molecule is OBc1cc[nH]c1. The molecule has 3 heteroatoms. The molecule has 2 nitrogen and oxygen atoms in total. The monoisotopic (exact) mass is 95.1 g/mol. The highest BCUT2D eigenvalue weighted by Crippen LogP contribution is 1.70. The van der Waals surface area contributed by atoms with Gasteiger partial charge in [-0.2, -0.15) is 0 Å². The minimum absolute atomic E-state index is 0.128. The molecule has 2 N–H and O–H groups in total. The van der Waals surface area contributed by atoms with Crippen molar-refractivity contribution in [1.29, 1.82) is 0 Å². The fraction of sp³-hybridized carbons (Fsp3) is 0. The molecule has 0 unspecified atom stereocenters. The van der Waals surface area contributed by atoms with Crippen molar-refractivity contribution in [3.63, 3.8) is 0 Å². The van der Waals surface area contributed by atoms with Gasteiger partial charge in [-0.05, 0) is 17.7 Å². The average Bonchev–Trinajstić information content (AvgIpc) is 2.14. The van der Waals surface area contributed by atoms with Gasteiger partial charge in [0.25, 0.3) is 0 Å². The molecule has 0 saturated heterocycles. The minimum Gasteiger partial charge on any atom is -0.449 e. The Bertz CT molecular complexity index is 126. The van der Waals surface area contributed by atoms with E-state index in [1.54, 1.807) is 12.4 Å². The average molecular weight is 94.9 g/mol. The van der Waals surface area contributed by atoms with E-state index in [-0.39, 0.29) is 7.48 Å². The molecule has 0 spiro atoms. The van der Waals surface area contributed by atoms with Crippen molar-refractivity contribution < 1.29 is 5.02 Å². The number of nitrogens with one attached hydrogen (secondary N) is 1. The molecule has 36 valence electrons. The molecule has 7 heavy (non-hydrogen) atoms.